The Bertz CT molecular complexity index is 838. The third-order valence-electron chi connectivity index (χ3n) is 4.41. The molecular formula is C25H28O6. The summed E-state index contributed by atoms with van der Waals surface area (Å²) in [4.78, 5) is 0. The van der Waals surface area contributed by atoms with Crippen molar-refractivity contribution in [2.75, 3.05) is 40.6 Å². The fourth-order valence-corrected chi connectivity index (χ4v) is 2.90. The molecule has 31 heavy (non-hydrogen) atoms. The average molecular weight is 424 g/mol. The van der Waals surface area contributed by atoms with Crippen LogP contribution in [0.4, 0.5) is 0 Å². The number of benzene rings is 3. The molecule has 0 atom stereocenters. The maximum Gasteiger partial charge on any atom is 0.184 e. The lowest BCUT2D eigenvalue weighted by Gasteiger charge is -2.20. The summed E-state index contributed by atoms with van der Waals surface area (Å²) in [7, 11) is 3.20. The van der Waals surface area contributed by atoms with Crippen LogP contribution in [-0.2, 0) is 9.47 Å². The normalized spacial score (nSPS) is 10.7. The molecule has 0 saturated carbocycles. The minimum Gasteiger partial charge on any atom is -0.493 e. The van der Waals surface area contributed by atoms with Crippen LogP contribution in [0.5, 0.6) is 23.0 Å². The molecule has 0 bridgehead atoms. The summed E-state index contributed by atoms with van der Waals surface area (Å²) in [5.74, 6) is 2.85. The highest BCUT2D eigenvalue weighted by atomic mass is 16.7. The number of para-hydroxylation sites is 2. The molecule has 3 aromatic carbocycles. The second kappa shape index (κ2) is 12.5. The zero-order chi connectivity index (χ0) is 21.7. The smallest absolute Gasteiger partial charge is 0.184 e. The number of hydrogen-bond donors (Lipinski definition) is 0. The molecule has 164 valence electrons. The average Bonchev–Trinajstić information content (AvgIpc) is 2.84. The van der Waals surface area contributed by atoms with Gasteiger partial charge >= 0.3 is 0 Å². The summed E-state index contributed by atoms with van der Waals surface area (Å²) >= 11 is 0. The summed E-state index contributed by atoms with van der Waals surface area (Å²) in [6, 6.07) is 24.8. The van der Waals surface area contributed by atoms with Crippen molar-refractivity contribution in [3.8, 4) is 23.0 Å². The van der Waals surface area contributed by atoms with Crippen LogP contribution in [0.2, 0.25) is 0 Å². The highest BCUT2D eigenvalue weighted by Gasteiger charge is 2.16. The van der Waals surface area contributed by atoms with E-state index >= 15 is 0 Å². The van der Waals surface area contributed by atoms with Crippen LogP contribution in [0.1, 0.15) is 11.9 Å². The van der Waals surface area contributed by atoms with Crippen LogP contribution < -0.4 is 18.9 Å². The topological polar surface area (TPSA) is 55.4 Å². The SMILES string of the molecule is COc1ccc(C(OCCOc2ccccc2)OCCOc2ccccc2)cc1OC. The van der Waals surface area contributed by atoms with Crippen molar-refractivity contribution in [2.45, 2.75) is 6.29 Å². The first kappa shape index (κ1) is 22.5. The van der Waals surface area contributed by atoms with Gasteiger partial charge in [-0.25, -0.2) is 0 Å². The van der Waals surface area contributed by atoms with Crippen molar-refractivity contribution in [2.24, 2.45) is 0 Å². The third-order valence-corrected chi connectivity index (χ3v) is 4.41. The fourth-order valence-electron chi connectivity index (χ4n) is 2.90. The molecule has 0 amide bonds. The van der Waals surface area contributed by atoms with E-state index in [1.807, 2.05) is 78.9 Å². The van der Waals surface area contributed by atoms with Gasteiger partial charge in [-0.15, -0.1) is 0 Å². The van der Waals surface area contributed by atoms with Gasteiger partial charge in [0.1, 0.15) is 24.7 Å². The first-order chi connectivity index (χ1) is 15.3. The van der Waals surface area contributed by atoms with Crippen molar-refractivity contribution in [1.29, 1.82) is 0 Å². The molecule has 0 fully saturated rings. The van der Waals surface area contributed by atoms with Crippen molar-refractivity contribution in [3.05, 3.63) is 84.4 Å². The van der Waals surface area contributed by atoms with E-state index in [1.54, 1.807) is 14.2 Å². The van der Waals surface area contributed by atoms with Crippen LogP contribution in [-0.4, -0.2) is 40.6 Å². The molecule has 3 aromatic rings. The Morgan fingerprint density at radius 1 is 0.581 bits per heavy atom. The third kappa shape index (κ3) is 7.20. The van der Waals surface area contributed by atoms with Gasteiger partial charge < -0.3 is 28.4 Å². The van der Waals surface area contributed by atoms with Gasteiger partial charge in [-0.05, 0) is 36.4 Å². The minimum absolute atomic E-state index is 0.355. The van der Waals surface area contributed by atoms with E-state index in [0.29, 0.717) is 37.9 Å². The van der Waals surface area contributed by atoms with Crippen molar-refractivity contribution < 1.29 is 28.4 Å². The zero-order valence-electron chi connectivity index (χ0n) is 17.9. The Morgan fingerprint density at radius 3 is 1.58 bits per heavy atom. The highest BCUT2D eigenvalue weighted by molar-refractivity contribution is 5.43. The lowest BCUT2D eigenvalue weighted by Crippen LogP contribution is -2.17. The number of rotatable bonds is 13. The van der Waals surface area contributed by atoms with E-state index in [0.717, 1.165) is 17.1 Å². The largest absolute Gasteiger partial charge is 0.493 e. The Morgan fingerprint density at radius 2 is 1.10 bits per heavy atom. The van der Waals surface area contributed by atoms with Gasteiger partial charge in [-0.2, -0.15) is 0 Å². The molecule has 0 saturated heterocycles. The van der Waals surface area contributed by atoms with Gasteiger partial charge in [0.2, 0.25) is 0 Å². The predicted octanol–water partition coefficient (Wildman–Crippen LogP) is 4.89. The van der Waals surface area contributed by atoms with Gasteiger partial charge in [0.05, 0.1) is 27.4 Å². The second-order valence-corrected chi connectivity index (χ2v) is 6.51. The first-order valence-corrected chi connectivity index (χ1v) is 10.1. The number of hydrogen-bond acceptors (Lipinski definition) is 6. The van der Waals surface area contributed by atoms with Gasteiger partial charge in [0, 0.05) is 5.56 Å². The molecule has 0 radical (unpaired) electrons. The maximum absolute atomic E-state index is 5.98. The Balaban J connectivity index is 1.57. The van der Waals surface area contributed by atoms with Crippen LogP contribution in [0.25, 0.3) is 0 Å². The van der Waals surface area contributed by atoms with Crippen molar-refractivity contribution in [3.63, 3.8) is 0 Å². The van der Waals surface area contributed by atoms with Crippen molar-refractivity contribution in [1.82, 2.24) is 0 Å². The van der Waals surface area contributed by atoms with Gasteiger partial charge in [0.25, 0.3) is 0 Å². The quantitative estimate of drug-likeness (QED) is 0.288. The Kier molecular flexibility index (Phi) is 9.04. The summed E-state index contributed by atoms with van der Waals surface area (Å²) in [5.41, 5.74) is 0.817. The minimum atomic E-state index is -0.599. The summed E-state index contributed by atoms with van der Waals surface area (Å²) < 4.78 is 34.1. The number of methoxy groups -OCH3 is 2. The molecule has 3 rings (SSSR count). The molecule has 0 aliphatic heterocycles. The van der Waals surface area contributed by atoms with Crippen LogP contribution >= 0.6 is 0 Å². The molecule has 0 heterocycles. The molecule has 0 aromatic heterocycles. The molecule has 0 spiro atoms. The predicted molar refractivity (Wildman–Crippen MR) is 118 cm³/mol. The molecule has 6 heteroatoms. The van der Waals surface area contributed by atoms with Gasteiger partial charge in [0.15, 0.2) is 17.8 Å². The van der Waals surface area contributed by atoms with Gasteiger partial charge in [-0.1, -0.05) is 42.5 Å². The first-order valence-electron chi connectivity index (χ1n) is 10.1. The number of ether oxygens (including phenoxy) is 6. The molecular weight excluding hydrogens is 396 g/mol. The Hall–Kier alpha value is -3.22. The van der Waals surface area contributed by atoms with Gasteiger partial charge in [-0.3, -0.25) is 0 Å². The maximum atomic E-state index is 5.98. The molecule has 0 aliphatic rings. The van der Waals surface area contributed by atoms with Crippen LogP contribution in [0, 0.1) is 0 Å². The second-order valence-electron chi connectivity index (χ2n) is 6.51. The molecule has 0 aliphatic carbocycles. The monoisotopic (exact) mass is 424 g/mol. The van der Waals surface area contributed by atoms with E-state index < -0.39 is 6.29 Å². The zero-order valence-corrected chi connectivity index (χ0v) is 17.9. The van der Waals surface area contributed by atoms with E-state index in [2.05, 4.69) is 0 Å². The van der Waals surface area contributed by atoms with E-state index in [1.165, 1.54) is 0 Å². The molecule has 0 unspecified atom stereocenters. The molecule has 0 N–H and O–H groups in total. The van der Waals surface area contributed by atoms with Crippen LogP contribution in [0.3, 0.4) is 0 Å². The van der Waals surface area contributed by atoms with Crippen LogP contribution in [0.15, 0.2) is 78.9 Å². The van der Waals surface area contributed by atoms with E-state index in [4.69, 9.17) is 28.4 Å². The highest BCUT2D eigenvalue weighted by Crippen LogP contribution is 2.31. The fraction of sp³-hybridized carbons (Fsp3) is 0.280. The summed E-state index contributed by atoms with van der Waals surface area (Å²) in [6.07, 6.45) is -0.599. The lowest BCUT2D eigenvalue weighted by molar-refractivity contribution is -0.154. The lowest BCUT2D eigenvalue weighted by atomic mass is 10.2. The summed E-state index contributed by atoms with van der Waals surface area (Å²) in [5, 5.41) is 0. The van der Waals surface area contributed by atoms with Crippen molar-refractivity contribution >= 4 is 0 Å². The van der Waals surface area contributed by atoms with E-state index in [-0.39, 0.29) is 0 Å². The standard InChI is InChI=1S/C25H28O6/c1-26-23-14-13-20(19-24(23)27-2)25(30-17-15-28-21-9-5-3-6-10-21)31-18-16-29-22-11-7-4-8-12-22/h3-14,19,25H,15-18H2,1-2H3. The Labute approximate surface area is 183 Å². The summed E-state index contributed by atoms with van der Waals surface area (Å²) in [6.45, 7) is 1.51. The van der Waals surface area contributed by atoms with E-state index in [9.17, 15) is 0 Å². The molecule has 6 nitrogen and oxygen atoms in total.